The Hall–Kier alpha value is -0.790. The van der Waals surface area contributed by atoms with E-state index in [9.17, 15) is 0 Å². The average Bonchev–Trinajstić information content (AvgIpc) is 2.18. The molecule has 1 N–H and O–H groups in total. The third-order valence-electron chi connectivity index (χ3n) is 1.51. The minimum absolute atomic E-state index is 0.229. The van der Waals surface area contributed by atoms with Crippen LogP contribution in [0.3, 0.4) is 0 Å². The Balaban J connectivity index is 2.50. The summed E-state index contributed by atoms with van der Waals surface area (Å²) < 4.78 is 0.794. The van der Waals surface area contributed by atoms with Crippen molar-refractivity contribution in [3.8, 4) is 12.3 Å². The fourth-order valence-corrected chi connectivity index (χ4v) is 1.33. The molecule has 1 aromatic heterocycles. The monoisotopic (exact) mass is 273 g/mol. The Kier molecular flexibility index (Phi) is 4.71. The van der Waals surface area contributed by atoms with Gasteiger partial charge in [-0.3, -0.25) is 0 Å². The first-order valence-electron chi connectivity index (χ1n) is 4.09. The Bertz CT molecular complexity index is 348. The zero-order valence-corrected chi connectivity index (χ0v) is 9.77. The molecule has 1 rings (SSSR count). The summed E-state index contributed by atoms with van der Waals surface area (Å²) in [6.45, 7) is 0.774. The van der Waals surface area contributed by atoms with Crippen molar-refractivity contribution in [3.63, 3.8) is 0 Å². The molecule has 5 heteroatoms. The Morgan fingerprint density at radius 1 is 1.64 bits per heavy atom. The second-order valence-corrected chi connectivity index (χ2v) is 3.76. The van der Waals surface area contributed by atoms with E-state index in [1.54, 1.807) is 6.20 Å². The Morgan fingerprint density at radius 3 is 3.14 bits per heavy atom. The standard InChI is InChI=1S/C9H9BrClN3/c1-2-3-4-5-12-8-7(10)6-13-9(11)14-8/h1,6H,3-5H2,(H,12,13,14). The summed E-state index contributed by atoms with van der Waals surface area (Å²) in [4.78, 5) is 7.83. The quantitative estimate of drug-likeness (QED) is 0.521. The van der Waals surface area contributed by atoms with E-state index in [4.69, 9.17) is 18.0 Å². The van der Waals surface area contributed by atoms with Crippen LogP contribution in [0.4, 0.5) is 5.82 Å². The fourth-order valence-electron chi connectivity index (χ4n) is 0.867. The lowest BCUT2D eigenvalue weighted by Gasteiger charge is -2.05. The van der Waals surface area contributed by atoms with Gasteiger partial charge in [0.25, 0.3) is 0 Å². The predicted octanol–water partition coefficient (Wildman–Crippen LogP) is 2.72. The highest BCUT2D eigenvalue weighted by molar-refractivity contribution is 9.10. The zero-order valence-electron chi connectivity index (χ0n) is 7.43. The van der Waals surface area contributed by atoms with Crippen LogP contribution in [-0.2, 0) is 0 Å². The van der Waals surface area contributed by atoms with Gasteiger partial charge in [-0.15, -0.1) is 12.3 Å². The number of aromatic nitrogens is 2. The Morgan fingerprint density at radius 2 is 2.43 bits per heavy atom. The number of anilines is 1. The molecule has 0 saturated heterocycles. The first-order valence-corrected chi connectivity index (χ1v) is 5.26. The summed E-state index contributed by atoms with van der Waals surface area (Å²) >= 11 is 8.95. The van der Waals surface area contributed by atoms with Gasteiger partial charge < -0.3 is 5.32 Å². The van der Waals surface area contributed by atoms with Gasteiger partial charge in [-0.1, -0.05) is 0 Å². The highest BCUT2D eigenvalue weighted by Gasteiger charge is 2.01. The topological polar surface area (TPSA) is 37.8 Å². The maximum absolute atomic E-state index is 5.64. The van der Waals surface area contributed by atoms with E-state index < -0.39 is 0 Å². The number of hydrogen-bond donors (Lipinski definition) is 1. The van der Waals surface area contributed by atoms with Crippen LogP contribution in [-0.4, -0.2) is 16.5 Å². The maximum Gasteiger partial charge on any atom is 0.224 e. The van der Waals surface area contributed by atoms with Crippen LogP contribution in [0.2, 0.25) is 5.28 Å². The molecule has 0 aliphatic rings. The number of terminal acetylenes is 1. The molecule has 0 aromatic carbocycles. The minimum Gasteiger partial charge on any atom is -0.369 e. The maximum atomic E-state index is 5.64. The lowest BCUT2D eigenvalue weighted by atomic mass is 10.3. The predicted molar refractivity (Wildman–Crippen MR) is 61.3 cm³/mol. The van der Waals surface area contributed by atoms with E-state index in [1.807, 2.05) is 0 Å². The van der Waals surface area contributed by atoms with Gasteiger partial charge in [-0.2, -0.15) is 4.98 Å². The molecule has 0 unspecified atom stereocenters. The molecule has 0 aliphatic heterocycles. The van der Waals surface area contributed by atoms with Gasteiger partial charge in [0, 0.05) is 19.2 Å². The van der Waals surface area contributed by atoms with Crippen LogP contribution in [0.5, 0.6) is 0 Å². The van der Waals surface area contributed by atoms with Gasteiger partial charge in [0.2, 0.25) is 5.28 Å². The van der Waals surface area contributed by atoms with E-state index in [0.717, 1.165) is 23.9 Å². The number of nitrogens with zero attached hydrogens (tertiary/aromatic N) is 2. The average molecular weight is 275 g/mol. The number of rotatable bonds is 4. The van der Waals surface area contributed by atoms with E-state index in [2.05, 4.69) is 37.1 Å². The summed E-state index contributed by atoms with van der Waals surface area (Å²) in [6.07, 6.45) is 8.40. The highest BCUT2D eigenvalue weighted by Crippen LogP contribution is 2.19. The number of unbranched alkanes of at least 4 members (excludes halogenated alkanes) is 1. The molecule has 0 spiro atoms. The van der Waals surface area contributed by atoms with Crippen LogP contribution in [0.15, 0.2) is 10.7 Å². The summed E-state index contributed by atoms with van der Waals surface area (Å²) in [6, 6.07) is 0. The number of nitrogens with one attached hydrogen (secondary N) is 1. The van der Waals surface area contributed by atoms with Crippen LogP contribution >= 0.6 is 27.5 Å². The van der Waals surface area contributed by atoms with Crippen molar-refractivity contribution in [2.45, 2.75) is 12.8 Å². The van der Waals surface area contributed by atoms with Crippen LogP contribution in [0.1, 0.15) is 12.8 Å². The molecule has 1 aromatic rings. The highest BCUT2D eigenvalue weighted by atomic mass is 79.9. The molecular weight excluding hydrogens is 265 g/mol. The smallest absolute Gasteiger partial charge is 0.224 e. The van der Waals surface area contributed by atoms with Crippen molar-refractivity contribution in [2.24, 2.45) is 0 Å². The fraction of sp³-hybridized carbons (Fsp3) is 0.333. The summed E-state index contributed by atoms with van der Waals surface area (Å²) in [5, 5.41) is 3.34. The first kappa shape index (κ1) is 11.3. The zero-order chi connectivity index (χ0) is 10.4. The molecule has 0 amide bonds. The van der Waals surface area contributed by atoms with Gasteiger partial charge >= 0.3 is 0 Å². The normalized spacial score (nSPS) is 9.50. The molecule has 1 heterocycles. The van der Waals surface area contributed by atoms with Crippen LogP contribution in [0.25, 0.3) is 0 Å². The van der Waals surface area contributed by atoms with E-state index in [0.29, 0.717) is 5.82 Å². The van der Waals surface area contributed by atoms with Gasteiger partial charge in [-0.25, -0.2) is 4.98 Å². The molecule has 0 radical (unpaired) electrons. The number of hydrogen-bond acceptors (Lipinski definition) is 3. The van der Waals surface area contributed by atoms with Crippen molar-refractivity contribution < 1.29 is 0 Å². The van der Waals surface area contributed by atoms with Crippen molar-refractivity contribution in [2.75, 3.05) is 11.9 Å². The van der Waals surface area contributed by atoms with Gasteiger partial charge in [0.05, 0.1) is 4.47 Å². The molecular formula is C9H9BrClN3. The van der Waals surface area contributed by atoms with E-state index in [-0.39, 0.29) is 5.28 Å². The van der Waals surface area contributed by atoms with Crippen molar-refractivity contribution >= 4 is 33.3 Å². The molecule has 0 fully saturated rings. The van der Waals surface area contributed by atoms with Gasteiger partial charge in [0.1, 0.15) is 5.82 Å². The van der Waals surface area contributed by atoms with E-state index >= 15 is 0 Å². The van der Waals surface area contributed by atoms with Crippen LogP contribution in [0, 0.1) is 12.3 Å². The van der Waals surface area contributed by atoms with Crippen molar-refractivity contribution in [1.29, 1.82) is 0 Å². The van der Waals surface area contributed by atoms with Crippen molar-refractivity contribution in [1.82, 2.24) is 9.97 Å². The molecule has 74 valence electrons. The summed E-state index contributed by atoms with van der Waals surface area (Å²) in [5.41, 5.74) is 0. The Labute approximate surface area is 96.4 Å². The lowest BCUT2D eigenvalue weighted by molar-refractivity contribution is 0.898. The van der Waals surface area contributed by atoms with Crippen LogP contribution < -0.4 is 5.32 Å². The minimum atomic E-state index is 0.229. The number of halogens is 2. The third kappa shape index (κ3) is 3.52. The largest absolute Gasteiger partial charge is 0.369 e. The molecule has 3 nitrogen and oxygen atoms in total. The molecule has 14 heavy (non-hydrogen) atoms. The molecule has 0 aliphatic carbocycles. The second-order valence-electron chi connectivity index (χ2n) is 2.57. The summed E-state index contributed by atoms with van der Waals surface area (Å²) in [7, 11) is 0. The van der Waals surface area contributed by atoms with E-state index in [1.165, 1.54) is 0 Å². The molecule has 0 saturated carbocycles. The SMILES string of the molecule is C#CCCCNc1nc(Cl)ncc1Br. The molecule has 0 bridgehead atoms. The third-order valence-corrected chi connectivity index (χ3v) is 2.27. The second kappa shape index (κ2) is 5.84. The lowest BCUT2D eigenvalue weighted by Crippen LogP contribution is -2.04. The first-order chi connectivity index (χ1) is 6.74. The molecule has 0 atom stereocenters. The van der Waals surface area contributed by atoms with Gasteiger partial charge in [0.15, 0.2) is 0 Å². The van der Waals surface area contributed by atoms with Gasteiger partial charge in [-0.05, 0) is 34.0 Å². The summed E-state index contributed by atoms with van der Waals surface area (Å²) in [5.74, 6) is 3.27. The van der Waals surface area contributed by atoms with Crippen molar-refractivity contribution in [3.05, 3.63) is 16.0 Å².